The maximum atomic E-state index is 12.6. The van der Waals surface area contributed by atoms with Crippen molar-refractivity contribution >= 4 is 15.9 Å². The van der Waals surface area contributed by atoms with Gasteiger partial charge in [0.1, 0.15) is 5.69 Å². The molecule has 0 saturated carbocycles. The number of H-pyrrole nitrogens is 1. The van der Waals surface area contributed by atoms with Crippen LogP contribution >= 0.6 is 0 Å². The number of benzene rings is 1. The van der Waals surface area contributed by atoms with E-state index < -0.39 is 10.0 Å². The Morgan fingerprint density at radius 1 is 1.12 bits per heavy atom. The number of carbonyl (C=O) groups excluding carboxylic acids is 1. The van der Waals surface area contributed by atoms with Crippen LogP contribution in [0, 0.1) is 0 Å². The van der Waals surface area contributed by atoms with E-state index in [0.717, 1.165) is 0 Å². The van der Waals surface area contributed by atoms with Crippen molar-refractivity contribution in [3.05, 3.63) is 58.5 Å². The van der Waals surface area contributed by atoms with E-state index in [9.17, 15) is 18.0 Å². The Morgan fingerprint density at radius 3 is 2.40 bits per heavy atom. The van der Waals surface area contributed by atoms with Crippen molar-refractivity contribution in [2.45, 2.75) is 23.8 Å². The zero-order chi connectivity index (χ0) is 17.9. The maximum Gasteiger partial charge on any atom is 0.271 e. The Labute approximate surface area is 144 Å². The second-order valence-electron chi connectivity index (χ2n) is 5.77. The van der Waals surface area contributed by atoms with Crippen molar-refractivity contribution in [1.82, 2.24) is 19.8 Å². The van der Waals surface area contributed by atoms with E-state index in [4.69, 9.17) is 0 Å². The van der Waals surface area contributed by atoms with E-state index in [-0.39, 0.29) is 28.1 Å². The van der Waals surface area contributed by atoms with Crippen molar-refractivity contribution in [2.75, 3.05) is 13.1 Å². The lowest BCUT2D eigenvalue weighted by Crippen LogP contribution is -2.46. The molecule has 2 N–H and O–H groups in total. The number of hydrogen-bond donors (Lipinski definition) is 2. The number of amides is 1. The van der Waals surface area contributed by atoms with Crippen LogP contribution in [0.15, 0.2) is 52.2 Å². The molecule has 0 radical (unpaired) electrons. The Balaban J connectivity index is 1.59. The Bertz CT molecular complexity index is 883. The van der Waals surface area contributed by atoms with Crippen LogP contribution < -0.4 is 10.9 Å². The van der Waals surface area contributed by atoms with Crippen LogP contribution in [0.1, 0.15) is 23.3 Å². The van der Waals surface area contributed by atoms with Crippen molar-refractivity contribution < 1.29 is 13.2 Å². The summed E-state index contributed by atoms with van der Waals surface area (Å²) < 4.78 is 26.6. The van der Waals surface area contributed by atoms with Gasteiger partial charge >= 0.3 is 0 Å². The number of piperidine rings is 1. The summed E-state index contributed by atoms with van der Waals surface area (Å²) in [5, 5.41) is 8.71. The highest BCUT2D eigenvalue weighted by atomic mass is 32.2. The third-order valence-electron chi connectivity index (χ3n) is 4.08. The van der Waals surface area contributed by atoms with Gasteiger partial charge in [0.2, 0.25) is 10.0 Å². The molecule has 9 heteroatoms. The van der Waals surface area contributed by atoms with Gasteiger partial charge in [-0.1, -0.05) is 18.2 Å². The molecule has 3 rings (SSSR count). The van der Waals surface area contributed by atoms with Gasteiger partial charge in [-0.25, -0.2) is 13.5 Å². The molecule has 0 aliphatic carbocycles. The van der Waals surface area contributed by atoms with Crippen LogP contribution in [-0.4, -0.2) is 48.0 Å². The average molecular weight is 362 g/mol. The van der Waals surface area contributed by atoms with Gasteiger partial charge in [0, 0.05) is 25.2 Å². The van der Waals surface area contributed by atoms with Crippen molar-refractivity contribution in [3.8, 4) is 0 Å². The smallest absolute Gasteiger partial charge is 0.271 e. The summed E-state index contributed by atoms with van der Waals surface area (Å²) in [7, 11) is -3.50. The van der Waals surface area contributed by atoms with Gasteiger partial charge in [-0.05, 0) is 31.0 Å². The second kappa shape index (κ2) is 7.16. The third kappa shape index (κ3) is 3.94. The predicted molar refractivity (Wildman–Crippen MR) is 90.5 cm³/mol. The minimum Gasteiger partial charge on any atom is -0.348 e. The quantitative estimate of drug-likeness (QED) is 0.815. The molecule has 1 aliphatic heterocycles. The van der Waals surface area contributed by atoms with Crippen molar-refractivity contribution in [1.29, 1.82) is 0 Å². The summed E-state index contributed by atoms with van der Waals surface area (Å²) in [6.07, 6.45) is 1.03. The summed E-state index contributed by atoms with van der Waals surface area (Å²) in [6.45, 7) is 0.669. The molecule has 1 aromatic carbocycles. The highest BCUT2D eigenvalue weighted by Gasteiger charge is 2.30. The van der Waals surface area contributed by atoms with Gasteiger partial charge < -0.3 is 5.32 Å². The molecular weight excluding hydrogens is 344 g/mol. The molecule has 2 aromatic rings. The summed E-state index contributed by atoms with van der Waals surface area (Å²) >= 11 is 0. The standard InChI is InChI=1S/C16H18N4O4S/c21-15-7-6-14(18-19-15)16(22)17-12-8-10-20(11-9-12)25(23,24)13-4-2-1-3-5-13/h1-7,12H,8-11H2,(H,17,22)(H,19,21). The largest absolute Gasteiger partial charge is 0.348 e. The Hall–Kier alpha value is -2.52. The van der Waals surface area contributed by atoms with E-state index >= 15 is 0 Å². The lowest BCUT2D eigenvalue weighted by Gasteiger charge is -2.31. The monoisotopic (exact) mass is 362 g/mol. The fraction of sp³-hybridized carbons (Fsp3) is 0.312. The summed E-state index contributed by atoms with van der Waals surface area (Å²) in [4.78, 5) is 23.3. The summed E-state index contributed by atoms with van der Waals surface area (Å²) in [5.41, 5.74) is -0.255. The van der Waals surface area contributed by atoms with Gasteiger partial charge in [0.25, 0.3) is 11.5 Å². The lowest BCUT2D eigenvalue weighted by atomic mass is 10.1. The molecule has 0 unspecified atom stereocenters. The molecule has 132 valence electrons. The van der Waals surface area contributed by atoms with Crippen LogP contribution in [0.25, 0.3) is 0 Å². The fourth-order valence-electron chi connectivity index (χ4n) is 2.71. The van der Waals surface area contributed by atoms with Crippen molar-refractivity contribution in [3.63, 3.8) is 0 Å². The first-order valence-electron chi connectivity index (χ1n) is 7.88. The molecule has 0 atom stereocenters. The Kier molecular flexibility index (Phi) is 4.95. The highest BCUT2D eigenvalue weighted by Crippen LogP contribution is 2.20. The molecule has 0 spiro atoms. The van der Waals surface area contributed by atoms with E-state index in [0.29, 0.717) is 25.9 Å². The Morgan fingerprint density at radius 2 is 1.80 bits per heavy atom. The second-order valence-corrected chi connectivity index (χ2v) is 7.71. The third-order valence-corrected chi connectivity index (χ3v) is 5.99. The number of carbonyl (C=O) groups is 1. The van der Waals surface area contributed by atoms with Crippen LogP contribution in [0.3, 0.4) is 0 Å². The molecular formula is C16H18N4O4S. The molecule has 1 amide bonds. The summed E-state index contributed by atoms with van der Waals surface area (Å²) in [6, 6.07) is 10.7. The predicted octanol–water partition coefficient (Wildman–Crippen LogP) is 0.353. The number of sulfonamides is 1. The van der Waals surface area contributed by atoms with Crippen LogP contribution in [0.5, 0.6) is 0 Å². The molecule has 0 bridgehead atoms. The summed E-state index contributed by atoms with van der Waals surface area (Å²) in [5.74, 6) is -0.388. The molecule has 25 heavy (non-hydrogen) atoms. The topological polar surface area (TPSA) is 112 Å². The molecule has 2 heterocycles. The minimum absolute atomic E-state index is 0.124. The normalized spacial score (nSPS) is 16.5. The molecule has 8 nitrogen and oxygen atoms in total. The highest BCUT2D eigenvalue weighted by molar-refractivity contribution is 7.89. The lowest BCUT2D eigenvalue weighted by molar-refractivity contribution is 0.0917. The van der Waals surface area contributed by atoms with Gasteiger partial charge in [-0.2, -0.15) is 9.40 Å². The maximum absolute atomic E-state index is 12.6. The molecule has 1 aliphatic rings. The zero-order valence-electron chi connectivity index (χ0n) is 13.4. The SMILES string of the molecule is O=C(NC1CCN(S(=O)(=O)c2ccccc2)CC1)c1ccc(=O)[nH]n1. The van der Waals surface area contributed by atoms with Crippen LogP contribution in [0.4, 0.5) is 0 Å². The molecule has 1 fully saturated rings. The number of nitrogens with one attached hydrogen (secondary N) is 2. The van der Waals surface area contributed by atoms with Gasteiger partial charge in [0.15, 0.2) is 0 Å². The zero-order valence-corrected chi connectivity index (χ0v) is 14.2. The number of rotatable bonds is 4. The van der Waals surface area contributed by atoms with Gasteiger partial charge in [-0.3, -0.25) is 9.59 Å². The number of aromatic amines is 1. The van der Waals surface area contributed by atoms with Crippen LogP contribution in [0.2, 0.25) is 0 Å². The van der Waals surface area contributed by atoms with Crippen molar-refractivity contribution in [2.24, 2.45) is 0 Å². The van der Waals surface area contributed by atoms with E-state index in [1.165, 1.54) is 16.4 Å². The van der Waals surface area contributed by atoms with Crippen LogP contribution in [-0.2, 0) is 10.0 Å². The van der Waals surface area contributed by atoms with Gasteiger partial charge in [0.05, 0.1) is 4.90 Å². The first-order valence-corrected chi connectivity index (χ1v) is 9.32. The minimum atomic E-state index is -3.50. The number of nitrogens with zero attached hydrogens (tertiary/aromatic N) is 2. The fourth-order valence-corrected chi connectivity index (χ4v) is 4.20. The van der Waals surface area contributed by atoms with E-state index in [1.807, 2.05) is 0 Å². The number of hydrogen-bond acceptors (Lipinski definition) is 5. The first-order chi connectivity index (χ1) is 12.0. The number of aromatic nitrogens is 2. The van der Waals surface area contributed by atoms with Gasteiger partial charge in [-0.15, -0.1) is 0 Å². The molecule has 1 aromatic heterocycles. The van der Waals surface area contributed by atoms with E-state index in [2.05, 4.69) is 15.5 Å². The first kappa shape index (κ1) is 17.3. The van der Waals surface area contributed by atoms with E-state index in [1.54, 1.807) is 30.3 Å². The average Bonchev–Trinajstić information content (AvgIpc) is 2.63. The molecule has 1 saturated heterocycles.